The van der Waals surface area contributed by atoms with Gasteiger partial charge in [-0.2, -0.15) is 18.3 Å². The molecule has 1 aliphatic rings. The molecule has 4 N–H and O–H groups in total. The minimum Gasteiger partial charge on any atom is -0.366 e. The van der Waals surface area contributed by atoms with Crippen LogP contribution in [-0.4, -0.2) is 33.1 Å². The number of hydrogen-bond donors (Lipinski definition) is 3. The van der Waals surface area contributed by atoms with E-state index < -0.39 is 59.3 Å². The van der Waals surface area contributed by atoms with Crippen molar-refractivity contribution in [3.63, 3.8) is 0 Å². The fraction of sp³-hybridized carbons (Fsp3) is 0.241. The summed E-state index contributed by atoms with van der Waals surface area (Å²) < 4.78 is 84.3. The molecule has 0 radical (unpaired) electrons. The minimum atomic E-state index is -4.71. The van der Waals surface area contributed by atoms with Crippen molar-refractivity contribution in [2.24, 2.45) is 5.73 Å². The Morgan fingerprint density at radius 1 is 1.07 bits per heavy atom. The highest BCUT2D eigenvalue weighted by atomic mass is 19.4. The number of nitrogens with one attached hydrogen (secondary N) is 2. The third-order valence-electron chi connectivity index (χ3n) is 6.98. The molecule has 2 amide bonds. The number of nitrogens with two attached hydrogens (primary N) is 1. The second kappa shape index (κ2) is 11.9. The van der Waals surface area contributed by atoms with Crippen molar-refractivity contribution < 1.29 is 35.9 Å². The molecule has 4 aromatic rings. The van der Waals surface area contributed by atoms with Crippen LogP contribution in [0.3, 0.4) is 0 Å². The average Bonchev–Trinajstić information content (AvgIpc) is 3.31. The SMILES string of the molecule is NC(=O)c1cc(-c2cccnc2[C@H](Cc2cc(F)cc(F)c2)NC(=O)Cn2nc(C(F)(F)F)c3c2CNCC3)ccc1F. The lowest BCUT2D eigenvalue weighted by atomic mass is 9.94. The molecule has 0 fully saturated rings. The molecule has 5 rings (SSSR count). The van der Waals surface area contributed by atoms with Gasteiger partial charge in [-0.05, 0) is 60.8 Å². The number of benzene rings is 2. The highest BCUT2D eigenvalue weighted by Crippen LogP contribution is 2.34. The Kier molecular flexibility index (Phi) is 8.22. The van der Waals surface area contributed by atoms with Crippen LogP contribution in [-0.2, 0) is 36.9 Å². The van der Waals surface area contributed by atoms with Gasteiger partial charge in [0.25, 0.3) is 5.91 Å². The summed E-state index contributed by atoms with van der Waals surface area (Å²) in [4.78, 5) is 29.5. The molecule has 0 saturated carbocycles. The van der Waals surface area contributed by atoms with Crippen LogP contribution in [0.15, 0.2) is 54.7 Å². The van der Waals surface area contributed by atoms with E-state index in [2.05, 4.69) is 20.7 Å². The third-order valence-corrected chi connectivity index (χ3v) is 6.98. The smallest absolute Gasteiger partial charge is 0.366 e. The summed E-state index contributed by atoms with van der Waals surface area (Å²) in [5.74, 6) is -4.33. The first kappa shape index (κ1) is 29.8. The summed E-state index contributed by atoms with van der Waals surface area (Å²) >= 11 is 0. The Morgan fingerprint density at radius 3 is 2.51 bits per heavy atom. The molecule has 0 spiro atoms. The second-order valence-corrected chi connectivity index (χ2v) is 9.95. The van der Waals surface area contributed by atoms with E-state index in [1.54, 1.807) is 12.1 Å². The molecule has 1 atom stereocenters. The maximum Gasteiger partial charge on any atom is 0.435 e. The Balaban J connectivity index is 1.52. The van der Waals surface area contributed by atoms with E-state index in [0.717, 1.165) is 22.9 Å². The van der Waals surface area contributed by atoms with E-state index >= 15 is 0 Å². The maximum atomic E-state index is 14.2. The van der Waals surface area contributed by atoms with Crippen LogP contribution in [0.1, 0.15) is 44.6 Å². The van der Waals surface area contributed by atoms with Crippen molar-refractivity contribution in [2.75, 3.05) is 6.54 Å². The molecule has 224 valence electrons. The van der Waals surface area contributed by atoms with E-state index in [1.165, 1.54) is 18.3 Å². The van der Waals surface area contributed by atoms with Gasteiger partial charge in [0.2, 0.25) is 5.91 Å². The number of alkyl halides is 3. The first-order valence-electron chi connectivity index (χ1n) is 13.1. The summed E-state index contributed by atoms with van der Waals surface area (Å²) in [6, 6.07) is 8.49. The van der Waals surface area contributed by atoms with Crippen molar-refractivity contribution in [3.8, 4) is 11.1 Å². The summed E-state index contributed by atoms with van der Waals surface area (Å²) in [7, 11) is 0. The number of rotatable bonds is 8. The van der Waals surface area contributed by atoms with Crippen LogP contribution in [0.5, 0.6) is 0 Å². The van der Waals surface area contributed by atoms with E-state index in [4.69, 9.17) is 5.73 Å². The molecule has 0 aliphatic carbocycles. The zero-order valence-electron chi connectivity index (χ0n) is 22.3. The Bertz CT molecular complexity index is 1680. The summed E-state index contributed by atoms with van der Waals surface area (Å²) in [6.45, 7) is -0.183. The van der Waals surface area contributed by atoms with Crippen LogP contribution in [0, 0.1) is 17.5 Å². The normalized spacial score (nSPS) is 13.8. The van der Waals surface area contributed by atoms with Crippen LogP contribution < -0.4 is 16.4 Å². The van der Waals surface area contributed by atoms with Gasteiger partial charge in [-0.3, -0.25) is 19.3 Å². The third kappa shape index (κ3) is 6.53. The van der Waals surface area contributed by atoms with Crippen molar-refractivity contribution in [3.05, 3.63) is 106 Å². The first-order chi connectivity index (χ1) is 20.4. The molecule has 2 aromatic carbocycles. The summed E-state index contributed by atoms with van der Waals surface area (Å²) in [5.41, 5.74) is 5.07. The predicted molar refractivity (Wildman–Crippen MR) is 142 cm³/mol. The monoisotopic (exact) mass is 602 g/mol. The summed E-state index contributed by atoms with van der Waals surface area (Å²) in [6.07, 6.45) is -3.41. The quantitative estimate of drug-likeness (QED) is 0.261. The van der Waals surface area contributed by atoms with Gasteiger partial charge in [-0.15, -0.1) is 0 Å². The van der Waals surface area contributed by atoms with Gasteiger partial charge in [0, 0.05) is 29.9 Å². The van der Waals surface area contributed by atoms with E-state index in [0.29, 0.717) is 23.7 Å². The molecule has 0 bridgehead atoms. The van der Waals surface area contributed by atoms with Gasteiger partial charge in [0.05, 0.1) is 23.0 Å². The van der Waals surface area contributed by atoms with Crippen molar-refractivity contribution in [1.29, 1.82) is 0 Å². The number of primary amides is 1. The van der Waals surface area contributed by atoms with Gasteiger partial charge in [-0.25, -0.2) is 13.2 Å². The van der Waals surface area contributed by atoms with Crippen molar-refractivity contribution in [2.45, 2.75) is 38.1 Å². The Morgan fingerprint density at radius 2 is 1.81 bits per heavy atom. The topological polar surface area (TPSA) is 115 Å². The predicted octanol–water partition coefficient (Wildman–Crippen LogP) is 4.23. The van der Waals surface area contributed by atoms with Crippen LogP contribution in [0.4, 0.5) is 26.3 Å². The number of fused-ring (bicyclic) bond motifs is 1. The number of aromatic nitrogens is 3. The number of carbonyl (C=O) groups is 2. The van der Waals surface area contributed by atoms with Crippen LogP contribution in [0.2, 0.25) is 0 Å². The molecule has 3 heterocycles. The fourth-order valence-corrected chi connectivity index (χ4v) is 5.15. The molecule has 43 heavy (non-hydrogen) atoms. The molecule has 1 aliphatic heterocycles. The fourth-order valence-electron chi connectivity index (χ4n) is 5.15. The van der Waals surface area contributed by atoms with E-state index in [1.807, 2.05) is 0 Å². The lowest BCUT2D eigenvalue weighted by Gasteiger charge is -2.22. The number of carbonyl (C=O) groups excluding carboxylic acids is 2. The number of halogens is 6. The van der Waals surface area contributed by atoms with Gasteiger partial charge < -0.3 is 16.4 Å². The maximum absolute atomic E-state index is 14.2. The lowest BCUT2D eigenvalue weighted by molar-refractivity contribution is -0.142. The Hall–Kier alpha value is -4.72. The summed E-state index contributed by atoms with van der Waals surface area (Å²) in [5, 5.41) is 9.37. The largest absolute Gasteiger partial charge is 0.435 e. The van der Waals surface area contributed by atoms with Gasteiger partial charge in [-0.1, -0.05) is 12.1 Å². The molecule has 8 nitrogen and oxygen atoms in total. The number of pyridine rings is 1. The molecule has 2 aromatic heterocycles. The highest BCUT2D eigenvalue weighted by molar-refractivity contribution is 5.94. The van der Waals surface area contributed by atoms with Gasteiger partial charge in [0.15, 0.2) is 5.69 Å². The molecular formula is C29H24F6N6O2. The van der Waals surface area contributed by atoms with Crippen LogP contribution >= 0.6 is 0 Å². The standard InChI is InChI=1S/C29H24F6N6O2/c30-17-8-15(9-18(31)12-17)10-23(26-19(2-1-6-38-26)16-3-4-22(32)21(11-16)28(36)43)39-25(42)14-41-24-13-37-7-5-20(24)27(40-41)29(33,34)35/h1-4,6,8-9,11-12,23,37H,5,7,10,13-14H2,(H2,36,43)(H,39,42)/t23-/m0/s1. The average molecular weight is 603 g/mol. The van der Waals surface area contributed by atoms with E-state index in [9.17, 15) is 35.9 Å². The Labute approximate surface area is 240 Å². The molecule has 0 unspecified atom stereocenters. The lowest BCUT2D eigenvalue weighted by Crippen LogP contribution is -2.35. The molecule has 0 saturated heterocycles. The van der Waals surface area contributed by atoms with E-state index in [-0.39, 0.29) is 41.9 Å². The van der Waals surface area contributed by atoms with Gasteiger partial charge >= 0.3 is 6.18 Å². The number of amides is 2. The molecule has 14 heteroatoms. The number of hydrogen-bond acceptors (Lipinski definition) is 5. The molecular weight excluding hydrogens is 578 g/mol. The van der Waals surface area contributed by atoms with Gasteiger partial charge in [0.1, 0.15) is 24.0 Å². The first-order valence-corrected chi connectivity index (χ1v) is 13.1. The number of nitrogens with zero attached hydrogens (tertiary/aromatic N) is 3. The highest BCUT2D eigenvalue weighted by Gasteiger charge is 2.39. The minimum absolute atomic E-state index is 0.0133. The zero-order chi connectivity index (χ0) is 30.9. The van der Waals surface area contributed by atoms with Crippen molar-refractivity contribution >= 4 is 11.8 Å². The van der Waals surface area contributed by atoms with Crippen LogP contribution in [0.25, 0.3) is 11.1 Å². The second-order valence-electron chi connectivity index (χ2n) is 9.95. The van der Waals surface area contributed by atoms with Crippen molar-refractivity contribution in [1.82, 2.24) is 25.4 Å². The zero-order valence-corrected chi connectivity index (χ0v) is 22.3.